The van der Waals surface area contributed by atoms with E-state index in [1.165, 1.54) is 42.2 Å². The molecule has 0 bridgehead atoms. The number of nitrogens with one attached hydrogen (secondary N) is 1. The van der Waals surface area contributed by atoms with Crippen molar-refractivity contribution in [2.24, 2.45) is 0 Å². The van der Waals surface area contributed by atoms with E-state index in [1.54, 1.807) is 19.1 Å². The number of hydrogen-bond donors (Lipinski definition) is 1. The van der Waals surface area contributed by atoms with Gasteiger partial charge in [-0.3, -0.25) is 14.5 Å². The van der Waals surface area contributed by atoms with Crippen LogP contribution in [0.1, 0.15) is 19.4 Å². The summed E-state index contributed by atoms with van der Waals surface area (Å²) < 4.78 is 50.5. The number of carbonyl (C=O) groups is 2. The van der Waals surface area contributed by atoms with Crippen molar-refractivity contribution in [3.8, 4) is 11.3 Å². The van der Waals surface area contributed by atoms with E-state index >= 15 is 0 Å². The number of halogens is 3. The Morgan fingerprint density at radius 3 is 2.61 bits per heavy atom. The smallest absolute Gasteiger partial charge is 0.417 e. The van der Waals surface area contributed by atoms with Gasteiger partial charge in [0.25, 0.3) is 5.56 Å². The number of aromatic nitrogens is 1. The van der Waals surface area contributed by atoms with Gasteiger partial charge in [0.05, 0.1) is 12.1 Å². The maximum absolute atomic E-state index is 13.4. The van der Waals surface area contributed by atoms with Crippen LogP contribution in [0.3, 0.4) is 0 Å². The first kappa shape index (κ1) is 22.4. The first-order valence-electron chi connectivity index (χ1n) is 10.0. The zero-order valence-electron chi connectivity index (χ0n) is 17.6. The summed E-state index contributed by atoms with van der Waals surface area (Å²) in [5.74, 6) is -0.503. The standard InChI is InChI=1S/C23H19F3N2O5/c1-12(32-13(2)29)20-11-28(22(31)33-20)15-8-7-14-9-19(27-21(30)17(14)10-15)16-5-3-4-6-18(16)23(24,25)26/h3-10,12,20H,11H2,1-2H3,(H,27,30)/t12-,20-/m0/s1. The summed E-state index contributed by atoms with van der Waals surface area (Å²) in [4.78, 5) is 40.1. The molecule has 1 saturated heterocycles. The number of aromatic amines is 1. The molecule has 7 nitrogen and oxygen atoms in total. The van der Waals surface area contributed by atoms with Gasteiger partial charge in [0.1, 0.15) is 6.10 Å². The fourth-order valence-corrected chi connectivity index (χ4v) is 3.80. The molecule has 1 aromatic heterocycles. The maximum Gasteiger partial charge on any atom is 0.417 e. The summed E-state index contributed by atoms with van der Waals surface area (Å²) in [6.45, 7) is 2.96. The van der Waals surface area contributed by atoms with Crippen molar-refractivity contribution in [2.45, 2.75) is 32.2 Å². The Hall–Kier alpha value is -3.82. The maximum atomic E-state index is 13.4. The lowest BCUT2D eigenvalue weighted by atomic mass is 10.0. The number of nitrogens with zero attached hydrogens (tertiary/aromatic N) is 1. The predicted molar refractivity (Wildman–Crippen MR) is 114 cm³/mol. The third kappa shape index (κ3) is 4.41. The van der Waals surface area contributed by atoms with Crippen LogP contribution in [0.25, 0.3) is 22.0 Å². The summed E-state index contributed by atoms with van der Waals surface area (Å²) in [5, 5.41) is 0.608. The Bertz CT molecular complexity index is 1300. The van der Waals surface area contributed by atoms with Gasteiger partial charge >= 0.3 is 18.2 Å². The van der Waals surface area contributed by atoms with E-state index in [0.29, 0.717) is 11.1 Å². The molecule has 172 valence electrons. The van der Waals surface area contributed by atoms with Gasteiger partial charge in [0.2, 0.25) is 0 Å². The molecule has 1 aliphatic rings. The van der Waals surface area contributed by atoms with E-state index in [0.717, 1.165) is 6.07 Å². The van der Waals surface area contributed by atoms with Gasteiger partial charge in [0.15, 0.2) is 6.10 Å². The SMILES string of the molecule is CC(=O)O[C@@H](C)[C@@H]1CN(c2ccc3cc(-c4ccccc4C(F)(F)F)[nH]c(=O)c3c2)C(=O)O1. The highest BCUT2D eigenvalue weighted by Gasteiger charge is 2.37. The number of anilines is 1. The van der Waals surface area contributed by atoms with Gasteiger partial charge in [-0.2, -0.15) is 13.2 Å². The molecule has 33 heavy (non-hydrogen) atoms. The monoisotopic (exact) mass is 460 g/mol. The fraction of sp³-hybridized carbons (Fsp3) is 0.261. The molecule has 2 atom stereocenters. The van der Waals surface area contributed by atoms with Crippen LogP contribution < -0.4 is 10.5 Å². The van der Waals surface area contributed by atoms with Crippen LogP contribution in [0.2, 0.25) is 0 Å². The number of pyridine rings is 1. The first-order valence-corrected chi connectivity index (χ1v) is 10.0. The van der Waals surface area contributed by atoms with Gasteiger partial charge in [-0.25, -0.2) is 4.79 Å². The molecule has 1 fully saturated rings. The van der Waals surface area contributed by atoms with Crippen LogP contribution in [0.15, 0.2) is 53.3 Å². The minimum Gasteiger partial charge on any atom is -0.459 e. The molecular formula is C23H19F3N2O5. The van der Waals surface area contributed by atoms with Crippen molar-refractivity contribution in [3.05, 3.63) is 64.4 Å². The fourth-order valence-electron chi connectivity index (χ4n) is 3.80. The number of esters is 1. The second kappa shape index (κ2) is 8.27. The number of ether oxygens (including phenoxy) is 2. The highest BCUT2D eigenvalue weighted by Crippen LogP contribution is 2.36. The minimum absolute atomic E-state index is 0.0315. The summed E-state index contributed by atoms with van der Waals surface area (Å²) >= 11 is 0. The average Bonchev–Trinajstić information content (AvgIpc) is 3.14. The predicted octanol–water partition coefficient (Wildman–Crippen LogP) is 4.49. The molecule has 0 aliphatic carbocycles. The van der Waals surface area contributed by atoms with E-state index in [2.05, 4.69) is 4.98 Å². The summed E-state index contributed by atoms with van der Waals surface area (Å²) in [6, 6.07) is 11.0. The molecule has 2 aromatic carbocycles. The van der Waals surface area contributed by atoms with Gasteiger partial charge in [-0.15, -0.1) is 0 Å². The second-order valence-corrected chi connectivity index (χ2v) is 7.67. The first-order chi connectivity index (χ1) is 15.5. The molecule has 2 heterocycles. The Morgan fingerprint density at radius 1 is 1.18 bits per heavy atom. The van der Waals surface area contributed by atoms with Crippen molar-refractivity contribution in [1.29, 1.82) is 0 Å². The van der Waals surface area contributed by atoms with Gasteiger partial charge in [-0.1, -0.05) is 24.3 Å². The van der Waals surface area contributed by atoms with Crippen molar-refractivity contribution >= 4 is 28.5 Å². The lowest BCUT2D eigenvalue weighted by Crippen LogP contribution is -2.32. The average molecular weight is 460 g/mol. The van der Waals surface area contributed by atoms with E-state index < -0.39 is 41.6 Å². The minimum atomic E-state index is -4.58. The van der Waals surface area contributed by atoms with Crippen LogP contribution in [0.4, 0.5) is 23.7 Å². The van der Waals surface area contributed by atoms with Crippen LogP contribution in [0.5, 0.6) is 0 Å². The van der Waals surface area contributed by atoms with E-state index in [1.807, 2.05) is 0 Å². The van der Waals surface area contributed by atoms with Gasteiger partial charge in [0, 0.05) is 29.3 Å². The van der Waals surface area contributed by atoms with Crippen LogP contribution >= 0.6 is 0 Å². The highest BCUT2D eigenvalue weighted by molar-refractivity contribution is 5.95. The molecule has 1 N–H and O–H groups in total. The third-order valence-corrected chi connectivity index (χ3v) is 5.37. The van der Waals surface area contributed by atoms with Gasteiger partial charge < -0.3 is 14.5 Å². The van der Waals surface area contributed by atoms with Crippen molar-refractivity contribution in [1.82, 2.24) is 4.98 Å². The van der Waals surface area contributed by atoms with Gasteiger partial charge in [-0.05, 0) is 36.6 Å². The molecule has 3 aromatic rings. The molecule has 0 radical (unpaired) electrons. The van der Waals surface area contributed by atoms with Crippen LogP contribution in [-0.4, -0.2) is 35.8 Å². The molecule has 1 aliphatic heterocycles. The molecule has 1 amide bonds. The molecule has 0 saturated carbocycles. The normalized spacial score (nSPS) is 17.2. The molecule has 10 heteroatoms. The zero-order chi connectivity index (χ0) is 23.9. The second-order valence-electron chi connectivity index (χ2n) is 7.67. The molecule has 0 spiro atoms. The number of H-pyrrole nitrogens is 1. The van der Waals surface area contributed by atoms with E-state index in [-0.39, 0.29) is 23.2 Å². The number of amides is 1. The Labute approximate surface area is 185 Å². The lowest BCUT2D eigenvalue weighted by Gasteiger charge is -2.17. The number of fused-ring (bicyclic) bond motifs is 1. The number of carbonyl (C=O) groups excluding carboxylic acids is 2. The molecular weight excluding hydrogens is 441 g/mol. The number of benzene rings is 2. The largest absolute Gasteiger partial charge is 0.459 e. The molecule has 0 unspecified atom stereocenters. The Balaban J connectivity index is 1.69. The molecule has 4 rings (SSSR count). The number of alkyl halides is 3. The van der Waals surface area contributed by atoms with Crippen molar-refractivity contribution < 1.29 is 32.2 Å². The number of rotatable bonds is 4. The van der Waals surface area contributed by atoms with Crippen LogP contribution in [0, 0.1) is 0 Å². The number of hydrogen-bond acceptors (Lipinski definition) is 5. The quantitative estimate of drug-likeness (QED) is 0.580. The lowest BCUT2D eigenvalue weighted by molar-refractivity contribution is -0.149. The summed E-state index contributed by atoms with van der Waals surface area (Å²) in [6.07, 6.45) is -6.58. The van der Waals surface area contributed by atoms with Crippen LogP contribution in [-0.2, 0) is 20.4 Å². The third-order valence-electron chi connectivity index (χ3n) is 5.37. The zero-order valence-corrected chi connectivity index (χ0v) is 17.6. The van der Waals surface area contributed by atoms with Crippen molar-refractivity contribution in [3.63, 3.8) is 0 Å². The summed E-state index contributed by atoms with van der Waals surface area (Å²) in [5.41, 5.74) is -1.19. The van der Waals surface area contributed by atoms with Crippen molar-refractivity contribution in [2.75, 3.05) is 11.4 Å². The van der Waals surface area contributed by atoms with E-state index in [9.17, 15) is 27.6 Å². The highest BCUT2D eigenvalue weighted by atomic mass is 19.4. The Morgan fingerprint density at radius 2 is 1.91 bits per heavy atom. The van der Waals surface area contributed by atoms with E-state index in [4.69, 9.17) is 9.47 Å². The summed E-state index contributed by atoms with van der Waals surface area (Å²) in [7, 11) is 0. The Kier molecular flexibility index (Phi) is 5.61. The number of cyclic esters (lactones) is 1. The topological polar surface area (TPSA) is 88.7 Å².